The van der Waals surface area contributed by atoms with Crippen LogP contribution in [0.25, 0.3) is 11.1 Å². The van der Waals surface area contributed by atoms with E-state index in [4.69, 9.17) is 23.7 Å². The standard InChI is InChI=1S/C23H21NO8/c1-13-9-17(16-5-3-14(28-2)10-19(16)29-8-7-25)21(23(26)27)22(24-13)32-15-4-6-18-20(11-15)31-12-30-18/h3-6,9-11,25H,7-8,12H2,1-2H3,(H,26,27). The quantitative estimate of drug-likeness (QED) is 0.542. The van der Waals surface area contributed by atoms with Gasteiger partial charge in [-0.1, -0.05) is 0 Å². The Bertz CT molecular complexity index is 1160. The summed E-state index contributed by atoms with van der Waals surface area (Å²) in [6.45, 7) is 1.68. The van der Waals surface area contributed by atoms with Crippen LogP contribution in [0.5, 0.6) is 34.6 Å². The molecule has 1 aliphatic rings. The molecule has 2 aromatic carbocycles. The molecule has 3 aromatic rings. The Balaban J connectivity index is 1.82. The number of hydrogen-bond donors (Lipinski definition) is 2. The van der Waals surface area contributed by atoms with E-state index in [2.05, 4.69) is 4.98 Å². The topological polar surface area (TPSA) is 117 Å². The molecule has 2 heterocycles. The lowest BCUT2D eigenvalue weighted by atomic mass is 9.99. The fourth-order valence-electron chi connectivity index (χ4n) is 3.32. The van der Waals surface area contributed by atoms with E-state index in [0.29, 0.717) is 45.6 Å². The normalized spacial score (nSPS) is 11.8. The lowest BCUT2D eigenvalue weighted by Crippen LogP contribution is -2.08. The SMILES string of the molecule is COc1ccc(-c2cc(C)nc(Oc3ccc4c(c3)OCO4)c2C(=O)O)c(OCCO)c1. The van der Waals surface area contributed by atoms with Crippen LogP contribution in [0.1, 0.15) is 16.1 Å². The van der Waals surface area contributed by atoms with Gasteiger partial charge in [-0.3, -0.25) is 0 Å². The maximum absolute atomic E-state index is 12.3. The summed E-state index contributed by atoms with van der Waals surface area (Å²) in [6, 6.07) is 11.6. The number of hydrogen-bond acceptors (Lipinski definition) is 8. The molecule has 0 atom stereocenters. The number of pyridine rings is 1. The van der Waals surface area contributed by atoms with Crippen LogP contribution in [0, 0.1) is 6.92 Å². The minimum absolute atomic E-state index is 0.0349. The molecule has 1 aromatic heterocycles. The van der Waals surface area contributed by atoms with Crippen LogP contribution in [-0.4, -0.2) is 48.3 Å². The number of carboxylic acids is 1. The first-order chi connectivity index (χ1) is 15.5. The number of aromatic carboxylic acids is 1. The second-order valence-electron chi connectivity index (χ2n) is 6.85. The molecule has 4 rings (SSSR count). The fraction of sp³-hybridized carbons (Fsp3) is 0.217. The number of aliphatic hydroxyl groups excluding tert-OH is 1. The van der Waals surface area contributed by atoms with E-state index in [1.165, 1.54) is 7.11 Å². The van der Waals surface area contributed by atoms with E-state index < -0.39 is 5.97 Å². The Morgan fingerprint density at radius 1 is 1.06 bits per heavy atom. The number of carboxylic acid groups (broad SMARTS) is 1. The van der Waals surface area contributed by atoms with Gasteiger partial charge < -0.3 is 33.9 Å². The first kappa shape index (κ1) is 21.3. The number of nitrogens with zero attached hydrogens (tertiary/aromatic N) is 1. The van der Waals surface area contributed by atoms with E-state index in [0.717, 1.165) is 0 Å². The Morgan fingerprint density at radius 2 is 1.84 bits per heavy atom. The van der Waals surface area contributed by atoms with Crippen molar-refractivity contribution in [1.82, 2.24) is 4.98 Å². The molecule has 0 bridgehead atoms. The lowest BCUT2D eigenvalue weighted by molar-refractivity contribution is 0.0694. The summed E-state index contributed by atoms with van der Waals surface area (Å²) in [5, 5.41) is 19.2. The number of benzene rings is 2. The van der Waals surface area contributed by atoms with Gasteiger partial charge in [-0.2, -0.15) is 0 Å². The van der Waals surface area contributed by atoms with Gasteiger partial charge in [0.15, 0.2) is 11.5 Å². The molecular weight excluding hydrogens is 418 g/mol. The van der Waals surface area contributed by atoms with Gasteiger partial charge in [0.05, 0.1) is 13.7 Å². The Morgan fingerprint density at radius 3 is 2.59 bits per heavy atom. The molecule has 0 fully saturated rings. The molecule has 2 N–H and O–H groups in total. The molecule has 0 aliphatic carbocycles. The van der Waals surface area contributed by atoms with Crippen molar-refractivity contribution in [2.45, 2.75) is 6.92 Å². The molecule has 0 amide bonds. The summed E-state index contributed by atoms with van der Waals surface area (Å²) < 4.78 is 27.4. The number of rotatable bonds is 8. The van der Waals surface area contributed by atoms with Crippen molar-refractivity contribution in [2.75, 3.05) is 27.1 Å². The highest BCUT2D eigenvalue weighted by Crippen LogP contribution is 2.41. The van der Waals surface area contributed by atoms with Crippen LogP contribution in [0.4, 0.5) is 0 Å². The molecule has 0 saturated heterocycles. The number of methoxy groups -OCH3 is 1. The molecular formula is C23H21NO8. The minimum Gasteiger partial charge on any atom is -0.497 e. The summed E-state index contributed by atoms with van der Waals surface area (Å²) in [4.78, 5) is 16.6. The molecule has 0 saturated carbocycles. The Kier molecular flexibility index (Phi) is 6.00. The van der Waals surface area contributed by atoms with Crippen molar-refractivity contribution in [3.05, 3.63) is 53.7 Å². The van der Waals surface area contributed by atoms with Crippen molar-refractivity contribution >= 4 is 5.97 Å². The van der Waals surface area contributed by atoms with Gasteiger partial charge in [0.1, 0.15) is 29.4 Å². The molecule has 0 unspecified atom stereocenters. The average molecular weight is 439 g/mol. The highest BCUT2D eigenvalue weighted by molar-refractivity contribution is 5.99. The van der Waals surface area contributed by atoms with Crippen LogP contribution in [0.3, 0.4) is 0 Å². The average Bonchev–Trinajstić information content (AvgIpc) is 3.24. The van der Waals surface area contributed by atoms with Crippen LogP contribution in [0.15, 0.2) is 42.5 Å². The van der Waals surface area contributed by atoms with Crippen molar-refractivity contribution < 1.29 is 38.7 Å². The van der Waals surface area contributed by atoms with Gasteiger partial charge in [0.2, 0.25) is 12.7 Å². The smallest absolute Gasteiger partial charge is 0.341 e. The van der Waals surface area contributed by atoms with Crippen molar-refractivity contribution in [1.29, 1.82) is 0 Å². The largest absolute Gasteiger partial charge is 0.497 e. The number of ether oxygens (including phenoxy) is 5. The molecule has 166 valence electrons. The number of aryl methyl sites for hydroxylation is 1. The molecule has 32 heavy (non-hydrogen) atoms. The van der Waals surface area contributed by atoms with Gasteiger partial charge >= 0.3 is 5.97 Å². The molecule has 0 radical (unpaired) electrons. The number of carbonyl (C=O) groups is 1. The maximum atomic E-state index is 12.3. The second-order valence-corrected chi connectivity index (χ2v) is 6.85. The zero-order valence-corrected chi connectivity index (χ0v) is 17.5. The monoisotopic (exact) mass is 439 g/mol. The van der Waals surface area contributed by atoms with E-state index in [1.54, 1.807) is 49.4 Å². The van der Waals surface area contributed by atoms with Crippen molar-refractivity contribution in [3.8, 4) is 45.8 Å². The van der Waals surface area contributed by atoms with Gasteiger partial charge in [0, 0.05) is 29.0 Å². The molecule has 9 nitrogen and oxygen atoms in total. The van der Waals surface area contributed by atoms with Crippen LogP contribution in [-0.2, 0) is 0 Å². The number of aromatic nitrogens is 1. The summed E-state index contributed by atoms with van der Waals surface area (Å²) in [6.07, 6.45) is 0. The van der Waals surface area contributed by atoms with E-state index in [-0.39, 0.29) is 31.5 Å². The Labute approximate surface area is 183 Å². The third kappa shape index (κ3) is 4.23. The van der Waals surface area contributed by atoms with E-state index in [9.17, 15) is 15.0 Å². The highest BCUT2D eigenvalue weighted by Gasteiger charge is 2.24. The minimum atomic E-state index is -1.22. The fourth-order valence-corrected chi connectivity index (χ4v) is 3.32. The summed E-state index contributed by atoms with van der Waals surface area (Å²) in [5.74, 6) is 1.04. The zero-order chi connectivity index (χ0) is 22.7. The predicted molar refractivity (Wildman–Crippen MR) is 113 cm³/mol. The van der Waals surface area contributed by atoms with Gasteiger partial charge in [0.25, 0.3) is 0 Å². The lowest BCUT2D eigenvalue weighted by Gasteiger charge is -2.17. The predicted octanol–water partition coefficient (Wildman–Crippen LogP) is 3.66. The third-order valence-corrected chi connectivity index (χ3v) is 4.71. The highest BCUT2D eigenvalue weighted by atomic mass is 16.7. The second kappa shape index (κ2) is 9.03. The molecule has 9 heteroatoms. The number of aliphatic hydroxyl groups is 1. The van der Waals surface area contributed by atoms with Gasteiger partial charge in [-0.15, -0.1) is 0 Å². The van der Waals surface area contributed by atoms with E-state index in [1.807, 2.05) is 0 Å². The van der Waals surface area contributed by atoms with E-state index >= 15 is 0 Å². The summed E-state index contributed by atoms with van der Waals surface area (Å²) in [7, 11) is 1.52. The summed E-state index contributed by atoms with van der Waals surface area (Å²) in [5.41, 5.74) is 1.27. The summed E-state index contributed by atoms with van der Waals surface area (Å²) >= 11 is 0. The van der Waals surface area contributed by atoms with Crippen LogP contribution >= 0.6 is 0 Å². The number of fused-ring (bicyclic) bond motifs is 1. The third-order valence-electron chi connectivity index (χ3n) is 4.71. The Hall–Kier alpha value is -3.98. The van der Waals surface area contributed by atoms with Crippen LogP contribution < -0.4 is 23.7 Å². The van der Waals surface area contributed by atoms with Crippen LogP contribution in [0.2, 0.25) is 0 Å². The first-order valence-corrected chi connectivity index (χ1v) is 9.74. The van der Waals surface area contributed by atoms with Crippen molar-refractivity contribution in [2.24, 2.45) is 0 Å². The van der Waals surface area contributed by atoms with Gasteiger partial charge in [-0.25, -0.2) is 9.78 Å². The maximum Gasteiger partial charge on any atom is 0.341 e. The molecule has 1 aliphatic heterocycles. The van der Waals surface area contributed by atoms with Gasteiger partial charge in [-0.05, 0) is 37.3 Å². The molecule has 0 spiro atoms. The zero-order valence-electron chi connectivity index (χ0n) is 17.5. The van der Waals surface area contributed by atoms with Crippen molar-refractivity contribution in [3.63, 3.8) is 0 Å². The first-order valence-electron chi connectivity index (χ1n) is 9.74.